The number of ketones is 1. The number of nitrogens with zero attached hydrogens (tertiary/aromatic N) is 2. The molecule has 0 radical (unpaired) electrons. The fraction of sp³-hybridized carbons (Fsp3) is 0.0741. The third-order valence-electron chi connectivity index (χ3n) is 5.81. The summed E-state index contributed by atoms with van der Waals surface area (Å²) >= 11 is 0. The number of hydrogen-bond donors (Lipinski definition) is 1. The van der Waals surface area contributed by atoms with Crippen LogP contribution in [0.4, 0.5) is 10.1 Å². The molecule has 1 aromatic heterocycles. The lowest BCUT2D eigenvalue weighted by molar-refractivity contribution is -0.117. The average Bonchev–Trinajstić information content (AvgIpc) is 3.47. The Balaban J connectivity index is 1.61. The van der Waals surface area contributed by atoms with Crippen LogP contribution in [-0.4, -0.2) is 22.0 Å². The molecule has 6 nitrogen and oxygen atoms in total. The molecule has 2 heterocycles. The summed E-state index contributed by atoms with van der Waals surface area (Å²) in [5, 5.41) is 14.7. The smallest absolute Gasteiger partial charge is 0.294 e. The van der Waals surface area contributed by atoms with Gasteiger partial charge in [0.2, 0.25) is 0 Å². The molecule has 1 aliphatic rings. The van der Waals surface area contributed by atoms with Gasteiger partial charge in [0, 0.05) is 22.9 Å². The zero-order chi connectivity index (χ0) is 23.8. The van der Waals surface area contributed by atoms with Crippen LogP contribution in [0, 0.1) is 12.7 Å². The molecule has 0 saturated heterocycles. The molecule has 0 spiro atoms. The molecule has 168 valence electrons. The highest BCUT2D eigenvalue weighted by Gasteiger charge is 2.44. The standard InChI is InChI=1S/C27H19FN2O4/c1-16-5-7-18(8-6-16)25(31)23-24(19-3-2-4-20(28)15-19)30(27(33)26(23)32)21-11-9-17(10-12-21)22-13-14-34-29-22/h2-15,24,32H,1H3. The molecule has 34 heavy (non-hydrogen) atoms. The quantitative estimate of drug-likeness (QED) is 0.399. The molecule has 1 amide bonds. The Hall–Kier alpha value is -4.52. The van der Waals surface area contributed by atoms with E-state index in [1.165, 1.54) is 29.4 Å². The zero-order valence-electron chi connectivity index (χ0n) is 18.1. The van der Waals surface area contributed by atoms with Gasteiger partial charge in [-0.05, 0) is 36.8 Å². The SMILES string of the molecule is Cc1ccc(C(=O)C2=C(O)C(=O)N(c3ccc(-c4ccon4)cc3)C2c2cccc(F)c2)cc1. The lowest BCUT2D eigenvalue weighted by atomic mass is 9.92. The van der Waals surface area contributed by atoms with Gasteiger partial charge in [-0.2, -0.15) is 0 Å². The maximum atomic E-state index is 14.2. The Morgan fingerprint density at radius 1 is 1.03 bits per heavy atom. The first-order valence-electron chi connectivity index (χ1n) is 10.6. The van der Waals surface area contributed by atoms with Gasteiger partial charge in [-0.1, -0.05) is 59.3 Å². The zero-order valence-corrected chi connectivity index (χ0v) is 18.1. The number of Topliss-reactive ketones (excluding diaryl/α,β-unsaturated/α-hetero) is 1. The highest BCUT2D eigenvalue weighted by molar-refractivity contribution is 6.20. The number of anilines is 1. The second-order valence-electron chi connectivity index (χ2n) is 8.02. The van der Waals surface area contributed by atoms with Gasteiger partial charge < -0.3 is 9.63 Å². The molecule has 0 bridgehead atoms. The van der Waals surface area contributed by atoms with E-state index in [1.54, 1.807) is 60.7 Å². The number of hydrogen-bond acceptors (Lipinski definition) is 5. The first-order chi connectivity index (χ1) is 16.4. The number of benzene rings is 3. The topological polar surface area (TPSA) is 83.6 Å². The number of aromatic nitrogens is 1. The van der Waals surface area contributed by atoms with Crippen molar-refractivity contribution in [1.82, 2.24) is 5.16 Å². The lowest BCUT2D eigenvalue weighted by Crippen LogP contribution is -2.31. The number of rotatable bonds is 5. The second kappa shape index (κ2) is 8.44. The Kier molecular flexibility index (Phi) is 5.30. The van der Waals surface area contributed by atoms with Gasteiger partial charge in [-0.3, -0.25) is 14.5 Å². The van der Waals surface area contributed by atoms with E-state index < -0.39 is 29.3 Å². The Labute approximate surface area is 194 Å². The van der Waals surface area contributed by atoms with Gasteiger partial charge in [0.05, 0.1) is 11.6 Å². The fourth-order valence-corrected chi connectivity index (χ4v) is 4.11. The third-order valence-corrected chi connectivity index (χ3v) is 5.81. The molecule has 0 aliphatic carbocycles. The second-order valence-corrected chi connectivity index (χ2v) is 8.02. The van der Waals surface area contributed by atoms with E-state index in [1.807, 2.05) is 6.92 Å². The summed E-state index contributed by atoms with van der Waals surface area (Å²) in [5.74, 6) is -2.40. The minimum absolute atomic E-state index is 0.0972. The Morgan fingerprint density at radius 2 is 1.76 bits per heavy atom. The fourth-order valence-electron chi connectivity index (χ4n) is 4.11. The maximum absolute atomic E-state index is 14.2. The van der Waals surface area contributed by atoms with Crippen molar-refractivity contribution >= 4 is 17.4 Å². The van der Waals surface area contributed by atoms with Gasteiger partial charge in [-0.15, -0.1) is 0 Å². The number of aliphatic hydroxyl groups excluding tert-OH is 1. The van der Waals surface area contributed by atoms with Crippen LogP contribution in [-0.2, 0) is 4.79 Å². The monoisotopic (exact) mass is 454 g/mol. The molecular formula is C27H19FN2O4. The normalized spacial score (nSPS) is 15.8. The van der Waals surface area contributed by atoms with Crippen molar-refractivity contribution in [1.29, 1.82) is 0 Å². The number of carbonyl (C=O) groups excluding carboxylic acids is 2. The molecule has 1 atom stereocenters. The predicted octanol–water partition coefficient (Wildman–Crippen LogP) is 5.57. The maximum Gasteiger partial charge on any atom is 0.294 e. The summed E-state index contributed by atoms with van der Waals surface area (Å²) in [4.78, 5) is 28.0. The predicted molar refractivity (Wildman–Crippen MR) is 124 cm³/mol. The largest absolute Gasteiger partial charge is 0.503 e. The van der Waals surface area contributed by atoms with E-state index in [2.05, 4.69) is 5.16 Å². The molecule has 3 aromatic carbocycles. The summed E-state index contributed by atoms with van der Waals surface area (Å²) in [7, 11) is 0. The Bertz CT molecular complexity index is 1410. The molecule has 5 rings (SSSR count). The molecule has 1 unspecified atom stereocenters. The van der Waals surface area contributed by atoms with Crippen molar-refractivity contribution in [2.45, 2.75) is 13.0 Å². The van der Waals surface area contributed by atoms with Crippen LogP contribution in [0.1, 0.15) is 27.5 Å². The molecular weight excluding hydrogens is 435 g/mol. The summed E-state index contributed by atoms with van der Waals surface area (Å²) in [5.41, 5.74) is 3.38. The van der Waals surface area contributed by atoms with Crippen molar-refractivity contribution in [2.24, 2.45) is 0 Å². The third kappa shape index (κ3) is 3.67. The first-order valence-corrected chi connectivity index (χ1v) is 10.6. The lowest BCUT2D eigenvalue weighted by Gasteiger charge is -2.27. The van der Waals surface area contributed by atoms with Crippen LogP contribution < -0.4 is 4.90 Å². The van der Waals surface area contributed by atoms with Gasteiger partial charge in [0.1, 0.15) is 17.8 Å². The number of aryl methyl sites for hydroxylation is 1. The van der Waals surface area contributed by atoms with Crippen molar-refractivity contribution in [3.63, 3.8) is 0 Å². The van der Waals surface area contributed by atoms with E-state index in [9.17, 15) is 19.1 Å². The highest BCUT2D eigenvalue weighted by atomic mass is 19.1. The summed E-state index contributed by atoms with van der Waals surface area (Å²) in [6.07, 6.45) is 1.46. The van der Waals surface area contributed by atoms with Crippen molar-refractivity contribution < 1.29 is 23.6 Å². The summed E-state index contributed by atoms with van der Waals surface area (Å²) in [6, 6.07) is 20.1. The van der Waals surface area contributed by atoms with Crippen LogP contribution in [0.3, 0.4) is 0 Å². The van der Waals surface area contributed by atoms with Crippen LogP contribution in [0.5, 0.6) is 0 Å². The van der Waals surface area contributed by atoms with Gasteiger partial charge in [0.25, 0.3) is 5.91 Å². The summed E-state index contributed by atoms with van der Waals surface area (Å²) < 4.78 is 19.0. The van der Waals surface area contributed by atoms with E-state index in [0.29, 0.717) is 22.5 Å². The molecule has 4 aromatic rings. The van der Waals surface area contributed by atoms with Gasteiger partial charge in [-0.25, -0.2) is 4.39 Å². The van der Waals surface area contributed by atoms with E-state index in [-0.39, 0.29) is 5.57 Å². The van der Waals surface area contributed by atoms with Gasteiger partial charge >= 0.3 is 0 Å². The number of amides is 1. The number of halogens is 1. The number of carbonyl (C=O) groups is 2. The highest BCUT2D eigenvalue weighted by Crippen LogP contribution is 2.42. The van der Waals surface area contributed by atoms with E-state index in [4.69, 9.17) is 4.52 Å². The minimum Gasteiger partial charge on any atom is -0.503 e. The molecule has 1 aliphatic heterocycles. The Morgan fingerprint density at radius 3 is 2.41 bits per heavy atom. The van der Waals surface area contributed by atoms with Gasteiger partial charge in [0.15, 0.2) is 11.5 Å². The molecule has 7 heteroatoms. The van der Waals surface area contributed by atoms with E-state index in [0.717, 1.165) is 11.1 Å². The molecule has 0 saturated carbocycles. The van der Waals surface area contributed by atoms with E-state index >= 15 is 0 Å². The molecule has 0 fully saturated rings. The average molecular weight is 454 g/mol. The minimum atomic E-state index is -1.00. The first kappa shape index (κ1) is 21.3. The van der Waals surface area contributed by atoms with Crippen LogP contribution in [0.25, 0.3) is 11.3 Å². The van der Waals surface area contributed by atoms with Crippen molar-refractivity contribution in [3.8, 4) is 11.3 Å². The van der Waals surface area contributed by atoms with Crippen molar-refractivity contribution in [3.05, 3.63) is 119 Å². The van der Waals surface area contributed by atoms with Crippen LogP contribution in [0.15, 0.2) is 101 Å². The van der Waals surface area contributed by atoms with Crippen molar-refractivity contribution in [2.75, 3.05) is 4.90 Å². The van der Waals surface area contributed by atoms with Crippen LogP contribution >= 0.6 is 0 Å². The number of aliphatic hydroxyl groups is 1. The summed E-state index contributed by atoms with van der Waals surface area (Å²) in [6.45, 7) is 1.89. The molecule has 1 N–H and O–H groups in total. The van der Waals surface area contributed by atoms with Crippen LogP contribution in [0.2, 0.25) is 0 Å².